The number of pyridine rings is 1. The molecule has 2 heterocycles. The Bertz CT molecular complexity index is 1020. The maximum absolute atomic E-state index is 12.8. The van der Waals surface area contributed by atoms with Crippen LogP contribution in [0.2, 0.25) is 5.15 Å². The number of benzene rings is 2. The van der Waals surface area contributed by atoms with Crippen molar-refractivity contribution in [1.82, 2.24) is 20.1 Å². The Labute approximate surface area is 161 Å². The minimum absolute atomic E-state index is 0.100. The molecule has 0 saturated carbocycles. The second kappa shape index (κ2) is 7.60. The van der Waals surface area contributed by atoms with Crippen molar-refractivity contribution in [2.24, 2.45) is 0 Å². The van der Waals surface area contributed by atoms with Crippen LogP contribution in [0.15, 0.2) is 79.1 Å². The largest absolute Gasteiger partial charge is 0.344 e. The predicted octanol–water partition coefficient (Wildman–Crippen LogP) is 3.99. The van der Waals surface area contributed by atoms with Crippen LogP contribution in [0, 0.1) is 0 Å². The highest BCUT2D eigenvalue weighted by Gasteiger charge is 2.17. The van der Waals surface area contributed by atoms with Gasteiger partial charge in [0.2, 0.25) is 5.91 Å². The van der Waals surface area contributed by atoms with Crippen LogP contribution < -0.4 is 5.32 Å². The number of aromatic nitrogens is 3. The van der Waals surface area contributed by atoms with Crippen molar-refractivity contribution in [3.05, 3.63) is 95.4 Å². The van der Waals surface area contributed by atoms with Gasteiger partial charge in [0.15, 0.2) is 0 Å². The molecule has 27 heavy (non-hydrogen) atoms. The number of hydrogen-bond acceptors (Lipinski definition) is 3. The molecule has 0 aliphatic rings. The van der Waals surface area contributed by atoms with Gasteiger partial charge in [-0.25, -0.2) is 4.98 Å². The maximum atomic E-state index is 12.8. The second-order valence-corrected chi connectivity index (χ2v) is 6.58. The van der Waals surface area contributed by atoms with Crippen LogP contribution in [0.5, 0.6) is 0 Å². The van der Waals surface area contributed by atoms with Gasteiger partial charge >= 0.3 is 0 Å². The van der Waals surface area contributed by atoms with E-state index in [1.165, 1.54) is 0 Å². The fourth-order valence-electron chi connectivity index (χ4n) is 3.07. The van der Waals surface area contributed by atoms with E-state index in [0.717, 1.165) is 22.0 Å². The standard InChI is InChI=1S/C21H17ClN4O/c22-19-11-17-12-24-26(18(17)13-23-19)14-20(27)25-21(15-7-3-1-4-8-15)16-9-5-2-6-10-16/h1-13,21H,14H2,(H,25,27). The zero-order valence-corrected chi connectivity index (χ0v) is 15.2. The zero-order valence-electron chi connectivity index (χ0n) is 14.4. The van der Waals surface area contributed by atoms with Crippen molar-refractivity contribution in [3.63, 3.8) is 0 Å². The summed E-state index contributed by atoms with van der Waals surface area (Å²) in [6.07, 6.45) is 3.31. The Morgan fingerprint density at radius 2 is 1.63 bits per heavy atom. The van der Waals surface area contributed by atoms with Crippen LogP contribution in [0.1, 0.15) is 17.2 Å². The molecule has 4 aromatic rings. The van der Waals surface area contributed by atoms with E-state index >= 15 is 0 Å². The van der Waals surface area contributed by atoms with Crippen molar-refractivity contribution in [1.29, 1.82) is 0 Å². The minimum atomic E-state index is -0.228. The molecule has 2 aromatic heterocycles. The molecular weight excluding hydrogens is 360 g/mol. The summed E-state index contributed by atoms with van der Waals surface area (Å²) in [5.41, 5.74) is 2.82. The molecule has 1 N–H and O–H groups in total. The molecule has 0 aliphatic carbocycles. The number of hydrogen-bond donors (Lipinski definition) is 1. The number of nitrogens with zero attached hydrogens (tertiary/aromatic N) is 3. The van der Waals surface area contributed by atoms with Gasteiger partial charge < -0.3 is 5.32 Å². The summed E-state index contributed by atoms with van der Waals surface area (Å²) in [5, 5.41) is 8.66. The summed E-state index contributed by atoms with van der Waals surface area (Å²) in [6, 6.07) is 21.3. The molecule has 0 unspecified atom stereocenters. The predicted molar refractivity (Wildman–Crippen MR) is 105 cm³/mol. The molecule has 6 heteroatoms. The van der Waals surface area contributed by atoms with E-state index in [0.29, 0.717) is 5.15 Å². The van der Waals surface area contributed by atoms with E-state index in [1.807, 2.05) is 60.7 Å². The number of nitrogens with one attached hydrogen (secondary N) is 1. The maximum Gasteiger partial charge on any atom is 0.242 e. The topological polar surface area (TPSA) is 59.8 Å². The number of carbonyl (C=O) groups is 1. The van der Waals surface area contributed by atoms with Crippen LogP contribution in [0.25, 0.3) is 10.9 Å². The van der Waals surface area contributed by atoms with Gasteiger partial charge in [-0.05, 0) is 17.2 Å². The summed E-state index contributed by atoms with van der Waals surface area (Å²) in [7, 11) is 0. The van der Waals surface area contributed by atoms with Gasteiger partial charge in [0.05, 0.1) is 24.0 Å². The van der Waals surface area contributed by atoms with Gasteiger partial charge in [0.25, 0.3) is 0 Å². The first kappa shape index (κ1) is 17.2. The Morgan fingerprint density at radius 1 is 1.00 bits per heavy atom. The number of rotatable bonds is 5. The molecule has 0 atom stereocenters. The molecule has 2 aromatic carbocycles. The van der Waals surface area contributed by atoms with Gasteiger partial charge in [-0.2, -0.15) is 5.10 Å². The van der Waals surface area contributed by atoms with Crippen molar-refractivity contribution >= 4 is 28.4 Å². The lowest BCUT2D eigenvalue weighted by molar-refractivity contribution is -0.122. The molecule has 0 radical (unpaired) electrons. The molecule has 1 amide bonds. The summed E-state index contributed by atoms with van der Waals surface area (Å²) in [4.78, 5) is 16.8. The molecule has 0 spiro atoms. The summed E-state index contributed by atoms with van der Waals surface area (Å²) >= 11 is 5.91. The first-order chi connectivity index (χ1) is 13.2. The Kier molecular flexibility index (Phi) is 4.85. The average Bonchev–Trinajstić information content (AvgIpc) is 3.09. The van der Waals surface area contributed by atoms with E-state index in [-0.39, 0.29) is 18.5 Å². The molecule has 0 saturated heterocycles. The molecule has 134 valence electrons. The zero-order chi connectivity index (χ0) is 18.6. The van der Waals surface area contributed by atoms with Crippen LogP contribution in [0.4, 0.5) is 0 Å². The van der Waals surface area contributed by atoms with Gasteiger partial charge in [-0.15, -0.1) is 0 Å². The monoisotopic (exact) mass is 376 g/mol. The Hall–Kier alpha value is -3.18. The molecule has 0 fully saturated rings. The third-order valence-corrected chi connectivity index (χ3v) is 4.57. The lowest BCUT2D eigenvalue weighted by Gasteiger charge is -2.20. The fraction of sp³-hybridized carbons (Fsp3) is 0.0952. The van der Waals surface area contributed by atoms with Crippen molar-refractivity contribution in [2.75, 3.05) is 0 Å². The first-order valence-corrected chi connectivity index (χ1v) is 8.95. The lowest BCUT2D eigenvalue weighted by Crippen LogP contribution is -2.32. The van der Waals surface area contributed by atoms with Crippen molar-refractivity contribution in [2.45, 2.75) is 12.6 Å². The fourth-order valence-corrected chi connectivity index (χ4v) is 3.24. The van der Waals surface area contributed by atoms with Gasteiger partial charge in [-0.3, -0.25) is 9.48 Å². The molecule has 5 nitrogen and oxygen atoms in total. The van der Waals surface area contributed by atoms with Crippen LogP contribution in [0.3, 0.4) is 0 Å². The first-order valence-electron chi connectivity index (χ1n) is 8.57. The van der Waals surface area contributed by atoms with Crippen LogP contribution >= 0.6 is 11.6 Å². The van der Waals surface area contributed by atoms with E-state index in [9.17, 15) is 4.79 Å². The summed E-state index contributed by atoms with van der Waals surface area (Å²) in [6.45, 7) is 0.100. The van der Waals surface area contributed by atoms with Crippen molar-refractivity contribution in [3.8, 4) is 0 Å². The number of fused-ring (bicyclic) bond motifs is 1. The van der Waals surface area contributed by atoms with Crippen molar-refractivity contribution < 1.29 is 4.79 Å². The third-order valence-electron chi connectivity index (χ3n) is 4.36. The SMILES string of the molecule is O=C(Cn1ncc2cc(Cl)ncc21)NC(c1ccccc1)c1ccccc1. The van der Waals surface area contributed by atoms with Gasteiger partial charge in [0.1, 0.15) is 11.7 Å². The highest BCUT2D eigenvalue weighted by Crippen LogP contribution is 2.22. The van der Waals surface area contributed by atoms with E-state index in [1.54, 1.807) is 23.1 Å². The summed E-state index contributed by atoms with van der Waals surface area (Å²) < 4.78 is 1.63. The Balaban J connectivity index is 1.58. The number of amides is 1. The second-order valence-electron chi connectivity index (χ2n) is 6.19. The number of halogens is 1. The lowest BCUT2D eigenvalue weighted by atomic mass is 9.99. The quantitative estimate of drug-likeness (QED) is 0.536. The van der Waals surface area contributed by atoms with Crippen LogP contribution in [-0.2, 0) is 11.3 Å². The van der Waals surface area contributed by atoms with E-state index in [2.05, 4.69) is 15.4 Å². The molecular formula is C21H17ClN4O. The van der Waals surface area contributed by atoms with Crippen LogP contribution in [-0.4, -0.2) is 20.7 Å². The summed E-state index contributed by atoms with van der Waals surface area (Å²) in [5.74, 6) is -0.132. The molecule has 4 rings (SSSR count). The minimum Gasteiger partial charge on any atom is -0.344 e. The average molecular weight is 377 g/mol. The van der Waals surface area contributed by atoms with Gasteiger partial charge in [-0.1, -0.05) is 72.3 Å². The van der Waals surface area contributed by atoms with Gasteiger partial charge in [0, 0.05) is 5.39 Å². The third kappa shape index (κ3) is 3.83. The van der Waals surface area contributed by atoms with E-state index in [4.69, 9.17) is 11.6 Å². The molecule has 0 bridgehead atoms. The van der Waals surface area contributed by atoms with E-state index < -0.39 is 0 Å². The Morgan fingerprint density at radius 3 is 2.26 bits per heavy atom. The highest BCUT2D eigenvalue weighted by molar-refractivity contribution is 6.30. The normalized spacial score (nSPS) is 11.0. The smallest absolute Gasteiger partial charge is 0.242 e. The number of carbonyl (C=O) groups excluding carboxylic acids is 1. The molecule has 0 aliphatic heterocycles. The highest BCUT2D eigenvalue weighted by atomic mass is 35.5.